The third-order valence-electron chi connectivity index (χ3n) is 5.27. The maximum absolute atomic E-state index is 12.8. The molecule has 0 spiro atoms. The second-order valence-corrected chi connectivity index (χ2v) is 9.45. The first-order chi connectivity index (χ1) is 16.4. The van der Waals surface area contributed by atoms with Crippen molar-refractivity contribution in [1.82, 2.24) is 15.0 Å². The summed E-state index contributed by atoms with van der Waals surface area (Å²) in [6.07, 6.45) is 0. The van der Waals surface area contributed by atoms with Crippen LogP contribution in [0.25, 0.3) is 11.1 Å². The van der Waals surface area contributed by atoms with E-state index < -0.39 is 15.8 Å². The number of fused-ring (bicyclic) bond motifs is 1. The molecule has 1 fully saturated rings. The van der Waals surface area contributed by atoms with Crippen LogP contribution in [0.1, 0.15) is 5.69 Å². The zero-order valence-corrected chi connectivity index (χ0v) is 19.1. The number of nitrogens with zero attached hydrogens (tertiary/aromatic N) is 3. The first-order valence-electron chi connectivity index (χ1n) is 10.6. The number of nitrogens with one attached hydrogen (secondary N) is 3. The standard InChI is InChI=1S/C22H22N6O5S/c1-14-12-20(28-8-10-32-11-9-28)26-21(23-14)24-15-2-4-16(5-3-15)27-34(30,31)17-6-7-19-18(13-17)25-22(29)33-19/h2-7,12-13,27H,8-11H2,1H3,(H,25,29)(H,23,24,26). The summed E-state index contributed by atoms with van der Waals surface area (Å²) in [6, 6.07) is 12.8. The van der Waals surface area contributed by atoms with E-state index in [-0.39, 0.29) is 10.5 Å². The monoisotopic (exact) mass is 482 g/mol. The number of hydrogen-bond donors (Lipinski definition) is 3. The molecule has 34 heavy (non-hydrogen) atoms. The summed E-state index contributed by atoms with van der Waals surface area (Å²) in [5.74, 6) is 0.645. The van der Waals surface area contributed by atoms with Gasteiger partial charge in [-0.1, -0.05) is 0 Å². The Labute approximate surface area is 194 Å². The maximum Gasteiger partial charge on any atom is 0.417 e. The zero-order valence-electron chi connectivity index (χ0n) is 18.2. The Bertz CT molecular complexity index is 1490. The number of ether oxygens (including phenoxy) is 1. The Morgan fingerprint density at radius 3 is 2.50 bits per heavy atom. The zero-order chi connectivity index (χ0) is 23.7. The van der Waals surface area contributed by atoms with Crippen LogP contribution in [0.5, 0.6) is 0 Å². The molecule has 1 aliphatic rings. The SMILES string of the molecule is Cc1cc(N2CCOCC2)nc(Nc2ccc(NS(=O)(=O)c3ccc4oc(=O)[nH]c4c3)cc2)n1. The molecule has 0 saturated carbocycles. The third-order valence-corrected chi connectivity index (χ3v) is 6.65. The molecule has 176 valence electrons. The molecule has 0 unspecified atom stereocenters. The van der Waals surface area contributed by atoms with Crippen LogP contribution in [-0.2, 0) is 14.8 Å². The van der Waals surface area contributed by atoms with Gasteiger partial charge in [0, 0.05) is 36.2 Å². The van der Waals surface area contributed by atoms with Crippen molar-refractivity contribution in [3.8, 4) is 0 Å². The van der Waals surface area contributed by atoms with Gasteiger partial charge in [0.05, 0.1) is 23.6 Å². The maximum atomic E-state index is 12.8. The average Bonchev–Trinajstić information content (AvgIpc) is 3.20. The summed E-state index contributed by atoms with van der Waals surface area (Å²) >= 11 is 0. The van der Waals surface area contributed by atoms with E-state index in [2.05, 4.69) is 29.9 Å². The van der Waals surface area contributed by atoms with Gasteiger partial charge in [0.1, 0.15) is 5.82 Å². The summed E-state index contributed by atoms with van der Waals surface area (Å²) in [4.78, 5) is 25.0. The van der Waals surface area contributed by atoms with Crippen molar-refractivity contribution in [3.05, 3.63) is 64.8 Å². The molecular weight excluding hydrogens is 460 g/mol. The Kier molecular flexibility index (Phi) is 5.67. The minimum atomic E-state index is -3.87. The van der Waals surface area contributed by atoms with Gasteiger partial charge in [-0.3, -0.25) is 9.71 Å². The fourth-order valence-corrected chi connectivity index (χ4v) is 4.71. The number of aryl methyl sites for hydroxylation is 1. The lowest BCUT2D eigenvalue weighted by Gasteiger charge is -2.28. The van der Waals surface area contributed by atoms with E-state index in [1.807, 2.05) is 13.0 Å². The van der Waals surface area contributed by atoms with Crippen LogP contribution in [0.15, 0.2) is 62.6 Å². The van der Waals surface area contributed by atoms with Gasteiger partial charge in [-0.05, 0) is 49.4 Å². The van der Waals surface area contributed by atoms with E-state index in [4.69, 9.17) is 9.15 Å². The number of morpholine rings is 1. The van der Waals surface area contributed by atoms with Crippen LogP contribution in [0.2, 0.25) is 0 Å². The third kappa shape index (κ3) is 4.72. The van der Waals surface area contributed by atoms with E-state index in [9.17, 15) is 13.2 Å². The molecule has 0 atom stereocenters. The van der Waals surface area contributed by atoms with E-state index in [0.29, 0.717) is 36.1 Å². The highest BCUT2D eigenvalue weighted by atomic mass is 32.2. The van der Waals surface area contributed by atoms with Crippen LogP contribution in [0, 0.1) is 6.92 Å². The predicted molar refractivity (Wildman–Crippen MR) is 127 cm³/mol. The molecule has 0 amide bonds. The second-order valence-electron chi connectivity index (χ2n) is 7.77. The van der Waals surface area contributed by atoms with Gasteiger partial charge in [0.25, 0.3) is 10.0 Å². The van der Waals surface area contributed by atoms with E-state index in [1.54, 1.807) is 24.3 Å². The van der Waals surface area contributed by atoms with Gasteiger partial charge in [-0.2, -0.15) is 4.98 Å². The lowest BCUT2D eigenvalue weighted by atomic mass is 10.3. The molecule has 2 aromatic carbocycles. The Hall–Kier alpha value is -3.90. The molecule has 1 saturated heterocycles. The van der Waals surface area contributed by atoms with Crippen molar-refractivity contribution in [3.63, 3.8) is 0 Å². The van der Waals surface area contributed by atoms with Crippen molar-refractivity contribution in [2.24, 2.45) is 0 Å². The number of hydrogen-bond acceptors (Lipinski definition) is 9. The summed E-state index contributed by atoms with van der Waals surface area (Å²) in [6.45, 7) is 4.78. The van der Waals surface area contributed by atoms with Gasteiger partial charge in [-0.25, -0.2) is 18.2 Å². The molecular formula is C22H22N6O5S. The summed E-state index contributed by atoms with van der Waals surface area (Å²) in [7, 11) is -3.87. The van der Waals surface area contributed by atoms with Gasteiger partial charge < -0.3 is 19.4 Å². The number of sulfonamides is 1. The number of aromatic amines is 1. The number of aromatic nitrogens is 3. The number of oxazole rings is 1. The van der Waals surface area contributed by atoms with Gasteiger partial charge in [0.15, 0.2) is 5.58 Å². The Morgan fingerprint density at radius 1 is 1.00 bits per heavy atom. The van der Waals surface area contributed by atoms with Gasteiger partial charge in [0.2, 0.25) is 5.95 Å². The van der Waals surface area contributed by atoms with Crippen molar-refractivity contribution in [2.45, 2.75) is 11.8 Å². The molecule has 12 heteroatoms. The van der Waals surface area contributed by atoms with Crippen LogP contribution < -0.4 is 20.7 Å². The average molecular weight is 483 g/mol. The Morgan fingerprint density at radius 2 is 1.74 bits per heavy atom. The number of benzene rings is 2. The molecule has 11 nitrogen and oxygen atoms in total. The first kappa shape index (κ1) is 21.9. The van der Waals surface area contributed by atoms with E-state index in [1.165, 1.54) is 18.2 Å². The topological polar surface area (TPSA) is 142 Å². The van der Waals surface area contributed by atoms with Crippen molar-refractivity contribution < 1.29 is 17.6 Å². The highest BCUT2D eigenvalue weighted by Gasteiger charge is 2.17. The molecule has 1 aliphatic heterocycles. The van der Waals surface area contributed by atoms with E-state index in [0.717, 1.165) is 24.6 Å². The Balaban J connectivity index is 1.30. The van der Waals surface area contributed by atoms with Crippen molar-refractivity contribution >= 4 is 44.3 Å². The number of rotatable bonds is 6. The lowest BCUT2D eigenvalue weighted by molar-refractivity contribution is 0.122. The molecule has 3 N–H and O–H groups in total. The van der Waals surface area contributed by atoms with Crippen LogP contribution in [-0.4, -0.2) is 49.7 Å². The van der Waals surface area contributed by atoms with Crippen molar-refractivity contribution in [2.75, 3.05) is 41.2 Å². The predicted octanol–water partition coefficient (Wildman–Crippen LogP) is 2.60. The van der Waals surface area contributed by atoms with Crippen LogP contribution in [0.3, 0.4) is 0 Å². The summed E-state index contributed by atoms with van der Waals surface area (Å²) in [5, 5.41) is 3.17. The van der Waals surface area contributed by atoms with Crippen LogP contribution in [0.4, 0.5) is 23.1 Å². The van der Waals surface area contributed by atoms with Gasteiger partial charge >= 0.3 is 5.76 Å². The molecule has 0 aliphatic carbocycles. The fraction of sp³-hybridized carbons (Fsp3) is 0.227. The normalized spacial score (nSPS) is 14.3. The molecule has 0 bridgehead atoms. The first-order valence-corrected chi connectivity index (χ1v) is 12.1. The molecule has 0 radical (unpaired) electrons. The molecule has 4 aromatic rings. The highest BCUT2D eigenvalue weighted by Crippen LogP contribution is 2.23. The smallest absolute Gasteiger partial charge is 0.408 e. The van der Waals surface area contributed by atoms with E-state index >= 15 is 0 Å². The minimum Gasteiger partial charge on any atom is -0.408 e. The summed E-state index contributed by atoms with van der Waals surface area (Å²) < 4.78 is 38.4. The largest absolute Gasteiger partial charge is 0.417 e. The molecule has 2 aromatic heterocycles. The quantitative estimate of drug-likeness (QED) is 0.378. The molecule has 3 heterocycles. The second kappa shape index (κ2) is 8.80. The molecule has 5 rings (SSSR count). The highest BCUT2D eigenvalue weighted by molar-refractivity contribution is 7.92. The van der Waals surface area contributed by atoms with Crippen LogP contribution >= 0.6 is 0 Å². The lowest BCUT2D eigenvalue weighted by Crippen LogP contribution is -2.36. The van der Waals surface area contributed by atoms with Gasteiger partial charge in [-0.15, -0.1) is 0 Å². The number of anilines is 4. The van der Waals surface area contributed by atoms with Crippen molar-refractivity contribution in [1.29, 1.82) is 0 Å². The summed E-state index contributed by atoms with van der Waals surface area (Å²) in [5.41, 5.74) is 2.51. The minimum absolute atomic E-state index is 0.00283. The number of H-pyrrole nitrogens is 1. The fourth-order valence-electron chi connectivity index (χ4n) is 3.63.